The smallest absolute Gasteiger partial charge is 0.422 e. The van der Waals surface area contributed by atoms with Crippen molar-refractivity contribution < 1.29 is 44.7 Å². The second-order valence-electron chi connectivity index (χ2n) is 8.26. The van der Waals surface area contributed by atoms with Gasteiger partial charge in [-0.25, -0.2) is 8.78 Å². The molecule has 208 valence electrons. The molecular weight excluding hydrogens is 544 g/mol. The molecule has 16 heteroatoms. The SMILES string of the molecule is O=C(c1ccc(F)c(F)c1)N1CCN(c2nc(Nc3cccc(C(F)(F)F)c3)nc(OCC(F)(F)F)n2)CC1. The molecule has 1 aromatic heterocycles. The topological polar surface area (TPSA) is 83.5 Å². The maximum absolute atomic E-state index is 13.5. The van der Waals surface area contributed by atoms with Gasteiger partial charge in [0.15, 0.2) is 18.2 Å². The first kappa shape index (κ1) is 27.8. The first-order valence-corrected chi connectivity index (χ1v) is 11.2. The second-order valence-corrected chi connectivity index (χ2v) is 8.26. The summed E-state index contributed by atoms with van der Waals surface area (Å²) in [6.45, 7) is -1.42. The molecule has 0 bridgehead atoms. The molecule has 2 aromatic carbocycles. The van der Waals surface area contributed by atoms with Crippen LogP contribution in [0.25, 0.3) is 0 Å². The Bertz CT molecular complexity index is 1340. The molecule has 0 radical (unpaired) electrons. The number of benzene rings is 2. The van der Waals surface area contributed by atoms with Crippen molar-refractivity contribution in [3.8, 4) is 6.01 Å². The lowest BCUT2D eigenvalue weighted by Gasteiger charge is -2.34. The molecule has 0 aliphatic carbocycles. The van der Waals surface area contributed by atoms with Crippen LogP contribution in [0.2, 0.25) is 0 Å². The Hall–Kier alpha value is -4.24. The number of carbonyl (C=O) groups is 1. The molecule has 1 amide bonds. The molecule has 39 heavy (non-hydrogen) atoms. The lowest BCUT2D eigenvalue weighted by molar-refractivity contribution is -0.154. The molecule has 1 N–H and O–H groups in total. The van der Waals surface area contributed by atoms with Gasteiger partial charge in [-0.15, -0.1) is 0 Å². The van der Waals surface area contributed by atoms with Crippen LogP contribution >= 0.6 is 0 Å². The van der Waals surface area contributed by atoms with E-state index in [4.69, 9.17) is 0 Å². The molecule has 0 saturated carbocycles. The minimum Gasteiger partial charge on any atom is -0.454 e. The Morgan fingerprint density at radius 2 is 1.62 bits per heavy atom. The van der Waals surface area contributed by atoms with Crippen LogP contribution in [0.5, 0.6) is 6.01 Å². The largest absolute Gasteiger partial charge is 0.454 e. The summed E-state index contributed by atoms with van der Waals surface area (Å²) in [4.78, 5) is 27.2. The second kappa shape index (κ2) is 10.9. The molecule has 1 saturated heterocycles. The van der Waals surface area contributed by atoms with Gasteiger partial charge in [-0.3, -0.25) is 4.79 Å². The van der Waals surface area contributed by atoms with Gasteiger partial charge in [-0.2, -0.15) is 41.3 Å². The molecule has 0 atom stereocenters. The van der Waals surface area contributed by atoms with E-state index in [-0.39, 0.29) is 49.3 Å². The van der Waals surface area contributed by atoms with Gasteiger partial charge in [0, 0.05) is 37.4 Å². The maximum Gasteiger partial charge on any atom is 0.422 e. The van der Waals surface area contributed by atoms with Crippen LogP contribution in [0, 0.1) is 11.6 Å². The predicted molar refractivity (Wildman–Crippen MR) is 121 cm³/mol. The molecule has 1 fully saturated rings. The zero-order chi connectivity index (χ0) is 28.4. The molecule has 3 aromatic rings. The lowest BCUT2D eigenvalue weighted by Crippen LogP contribution is -2.49. The summed E-state index contributed by atoms with van der Waals surface area (Å²) in [5.41, 5.74) is -1.14. The molecule has 1 aliphatic heterocycles. The number of halogens is 8. The highest BCUT2D eigenvalue weighted by atomic mass is 19.4. The minimum absolute atomic E-state index is 0.0681. The number of amides is 1. The van der Waals surface area contributed by atoms with Gasteiger partial charge in [0.25, 0.3) is 5.91 Å². The van der Waals surface area contributed by atoms with Crippen molar-refractivity contribution in [1.29, 1.82) is 0 Å². The van der Waals surface area contributed by atoms with Crippen molar-refractivity contribution in [1.82, 2.24) is 19.9 Å². The van der Waals surface area contributed by atoms with Crippen LogP contribution < -0.4 is 15.0 Å². The summed E-state index contributed by atoms with van der Waals surface area (Å²) < 4.78 is 109. The Morgan fingerprint density at radius 3 is 2.26 bits per heavy atom. The minimum atomic E-state index is -4.72. The standard InChI is InChI=1S/C23H18F8N6O2/c24-16-5-4-13(10-17(16)25)18(38)36-6-8-37(9-7-36)20-33-19(34-21(35-20)39-12-22(26,27)28)32-15-3-1-2-14(11-15)23(29,30)31/h1-5,10-11H,6-9,12H2,(H,32,33,34,35). The number of aromatic nitrogens is 3. The number of nitrogens with zero attached hydrogens (tertiary/aromatic N) is 5. The summed E-state index contributed by atoms with van der Waals surface area (Å²) in [6.07, 6.45) is -9.35. The quantitative estimate of drug-likeness (QED) is 0.432. The normalized spacial score (nSPS) is 14.4. The first-order chi connectivity index (χ1) is 18.3. The van der Waals surface area contributed by atoms with Gasteiger partial charge in [0.05, 0.1) is 5.56 Å². The Morgan fingerprint density at radius 1 is 0.897 bits per heavy atom. The average molecular weight is 562 g/mol. The fraction of sp³-hybridized carbons (Fsp3) is 0.304. The van der Waals surface area contributed by atoms with Crippen molar-refractivity contribution in [2.45, 2.75) is 12.4 Å². The highest BCUT2D eigenvalue weighted by Crippen LogP contribution is 2.31. The predicted octanol–water partition coefficient (Wildman–Crippen LogP) is 4.82. The van der Waals surface area contributed by atoms with E-state index in [9.17, 15) is 39.9 Å². The monoisotopic (exact) mass is 562 g/mol. The molecule has 4 rings (SSSR count). The van der Waals surface area contributed by atoms with E-state index in [2.05, 4.69) is 25.0 Å². The summed E-state index contributed by atoms with van der Waals surface area (Å²) in [5, 5.41) is 2.51. The summed E-state index contributed by atoms with van der Waals surface area (Å²) in [7, 11) is 0. The number of hydrogen-bond donors (Lipinski definition) is 1. The Labute approximate surface area is 215 Å². The van der Waals surface area contributed by atoms with Crippen molar-refractivity contribution >= 4 is 23.5 Å². The Kier molecular flexibility index (Phi) is 7.74. The third-order valence-corrected chi connectivity index (χ3v) is 5.43. The van der Waals surface area contributed by atoms with E-state index in [1.54, 1.807) is 0 Å². The molecule has 8 nitrogen and oxygen atoms in total. The fourth-order valence-corrected chi connectivity index (χ4v) is 3.58. The number of hydrogen-bond acceptors (Lipinski definition) is 7. The highest BCUT2D eigenvalue weighted by molar-refractivity contribution is 5.94. The van der Waals surface area contributed by atoms with Crippen molar-refractivity contribution in [2.75, 3.05) is 43.0 Å². The van der Waals surface area contributed by atoms with Crippen LogP contribution in [0.1, 0.15) is 15.9 Å². The van der Waals surface area contributed by atoms with Gasteiger partial charge in [-0.1, -0.05) is 6.07 Å². The van der Waals surface area contributed by atoms with Gasteiger partial charge >= 0.3 is 18.4 Å². The third kappa shape index (κ3) is 7.20. The van der Waals surface area contributed by atoms with Gasteiger partial charge < -0.3 is 19.9 Å². The van der Waals surface area contributed by atoms with Crippen LogP contribution in [0.4, 0.5) is 52.7 Å². The number of carbonyl (C=O) groups excluding carboxylic acids is 1. The van der Waals surface area contributed by atoms with E-state index in [1.165, 1.54) is 15.9 Å². The van der Waals surface area contributed by atoms with Crippen molar-refractivity contribution in [3.63, 3.8) is 0 Å². The van der Waals surface area contributed by atoms with Gasteiger partial charge in [0.2, 0.25) is 11.9 Å². The number of alkyl halides is 6. The number of piperazine rings is 1. The van der Waals surface area contributed by atoms with Crippen LogP contribution in [0.15, 0.2) is 42.5 Å². The first-order valence-electron chi connectivity index (χ1n) is 11.2. The molecule has 1 aliphatic rings. The molecule has 0 spiro atoms. The van der Waals surface area contributed by atoms with E-state index in [0.29, 0.717) is 0 Å². The zero-order valence-corrected chi connectivity index (χ0v) is 19.7. The van der Waals surface area contributed by atoms with E-state index in [0.717, 1.165) is 36.4 Å². The summed E-state index contributed by atoms with van der Waals surface area (Å²) in [6, 6.07) is 6.00. The number of ether oxygens (including phenoxy) is 1. The zero-order valence-electron chi connectivity index (χ0n) is 19.7. The molecule has 0 unspecified atom stereocenters. The Balaban J connectivity index is 1.53. The summed E-state index contributed by atoms with van der Waals surface area (Å²) >= 11 is 0. The highest BCUT2D eigenvalue weighted by Gasteiger charge is 2.31. The maximum atomic E-state index is 13.5. The van der Waals surface area contributed by atoms with Crippen molar-refractivity contribution in [3.05, 3.63) is 65.2 Å². The van der Waals surface area contributed by atoms with Gasteiger partial charge in [0.1, 0.15) is 0 Å². The third-order valence-electron chi connectivity index (χ3n) is 5.43. The number of rotatable bonds is 6. The molecule has 2 heterocycles. The number of anilines is 3. The van der Waals surface area contributed by atoms with E-state index < -0.39 is 48.1 Å². The van der Waals surface area contributed by atoms with Crippen LogP contribution in [0.3, 0.4) is 0 Å². The van der Waals surface area contributed by atoms with Crippen molar-refractivity contribution in [2.24, 2.45) is 0 Å². The lowest BCUT2D eigenvalue weighted by atomic mass is 10.1. The van der Waals surface area contributed by atoms with Crippen LogP contribution in [-0.2, 0) is 6.18 Å². The molecular formula is C23H18F8N6O2. The van der Waals surface area contributed by atoms with E-state index >= 15 is 0 Å². The van der Waals surface area contributed by atoms with Gasteiger partial charge in [-0.05, 0) is 36.4 Å². The van der Waals surface area contributed by atoms with E-state index in [1.807, 2.05) is 0 Å². The van der Waals surface area contributed by atoms with Crippen LogP contribution in [-0.4, -0.2) is 64.7 Å². The summed E-state index contributed by atoms with van der Waals surface area (Å²) in [5.74, 6) is -3.39. The number of nitrogens with one attached hydrogen (secondary N) is 1. The fourth-order valence-electron chi connectivity index (χ4n) is 3.58. The average Bonchev–Trinajstić information content (AvgIpc) is 2.88.